The van der Waals surface area contributed by atoms with Gasteiger partial charge in [0.2, 0.25) is 0 Å². The number of carboxylic acids is 1. The fourth-order valence-electron chi connectivity index (χ4n) is 1.55. The van der Waals surface area contributed by atoms with Crippen LogP contribution in [0.1, 0.15) is 10.4 Å². The SMILES string of the molecule is Nc1ccc(Nc2cccc(Br)c2)cc1C(=O)O. The van der Waals surface area contributed by atoms with Gasteiger partial charge in [-0.1, -0.05) is 22.0 Å². The second kappa shape index (κ2) is 5.10. The summed E-state index contributed by atoms with van der Waals surface area (Å²) in [5.41, 5.74) is 7.48. The molecule has 2 aromatic rings. The van der Waals surface area contributed by atoms with E-state index >= 15 is 0 Å². The van der Waals surface area contributed by atoms with Crippen LogP contribution in [-0.2, 0) is 0 Å². The second-order valence-electron chi connectivity index (χ2n) is 3.74. The number of carbonyl (C=O) groups is 1. The Bertz CT molecular complexity index is 599. The van der Waals surface area contributed by atoms with Gasteiger partial charge >= 0.3 is 5.97 Å². The molecular weight excluding hydrogens is 296 g/mol. The summed E-state index contributed by atoms with van der Waals surface area (Å²) >= 11 is 3.37. The number of hydrogen-bond acceptors (Lipinski definition) is 3. The van der Waals surface area contributed by atoms with Crippen molar-refractivity contribution in [2.24, 2.45) is 0 Å². The Hall–Kier alpha value is -2.01. The van der Waals surface area contributed by atoms with E-state index in [1.165, 1.54) is 6.07 Å². The molecule has 0 radical (unpaired) electrons. The normalized spacial score (nSPS) is 10.1. The van der Waals surface area contributed by atoms with E-state index in [4.69, 9.17) is 10.8 Å². The zero-order valence-corrected chi connectivity index (χ0v) is 10.9. The maximum Gasteiger partial charge on any atom is 0.337 e. The molecule has 18 heavy (non-hydrogen) atoms. The Balaban J connectivity index is 2.30. The summed E-state index contributed by atoms with van der Waals surface area (Å²) in [6.07, 6.45) is 0. The fraction of sp³-hybridized carbons (Fsp3) is 0. The van der Waals surface area contributed by atoms with Crippen molar-refractivity contribution in [1.29, 1.82) is 0 Å². The third-order valence-corrected chi connectivity index (χ3v) is 2.89. The van der Waals surface area contributed by atoms with E-state index in [9.17, 15) is 4.79 Å². The van der Waals surface area contributed by atoms with Crippen LogP contribution in [0.25, 0.3) is 0 Å². The lowest BCUT2D eigenvalue weighted by Gasteiger charge is -2.09. The molecule has 0 saturated carbocycles. The van der Waals surface area contributed by atoms with Gasteiger partial charge in [0, 0.05) is 21.5 Å². The lowest BCUT2D eigenvalue weighted by molar-refractivity contribution is 0.0698. The smallest absolute Gasteiger partial charge is 0.337 e. The van der Waals surface area contributed by atoms with Crippen molar-refractivity contribution in [2.45, 2.75) is 0 Å². The minimum absolute atomic E-state index is 0.0926. The standard InChI is InChI=1S/C13H11BrN2O2/c14-8-2-1-3-9(6-8)16-10-4-5-12(15)11(7-10)13(17)18/h1-7,16H,15H2,(H,17,18). The first kappa shape index (κ1) is 12.4. The molecule has 92 valence electrons. The summed E-state index contributed by atoms with van der Waals surface area (Å²) in [6, 6.07) is 12.4. The number of hydrogen-bond donors (Lipinski definition) is 3. The Morgan fingerprint density at radius 1 is 1.17 bits per heavy atom. The van der Waals surface area contributed by atoms with E-state index < -0.39 is 5.97 Å². The van der Waals surface area contributed by atoms with Gasteiger partial charge in [0.25, 0.3) is 0 Å². The quantitative estimate of drug-likeness (QED) is 0.759. The Labute approximate surface area is 113 Å². The molecular formula is C13H11BrN2O2. The average molecular weight is 307 g/mol. The highest BCUT2D eigenvalue weighted by molar-refractivity contribution is 9.10. The highest BCUT2D eigenvalue weighted by Gasteiger charge is 2.08. The Morgan fingerprint density at radius 3 is 2.56 bits per heavy atom. The predicted molar refractivity (Wildman–Crippen MR) is 75.2 cm³/mol. The first-order chi connectivity index (χ1) is 8.56. The highest BCUT2D eigenvalue weighted by atomic mass is 79.9. The molecule has 0 aliphatic rings. The van der Waals surface area contributed by atoms with Crippen LogP contribution in [0.15, 0.2) is 46.9 Å². The van der Waals surface area contributed by atoms with Crippen molar-refractivity contribution >= 4 is 39.0 Å². The summed E-state index contributed by atoms with van der Waals surface area (Å²) in [6.45, 7) is 0. The lowest BCUT2D eigenvalue weighted by Crippen LogP contribution is -2.03. The van der Waals surface area contributed by atoms with E-state index in [0.29, 0.717) is 5.69 Å². The van der Waals surface area contributed by atoms with Crippen molar-refractivity contribution in [2.75, 3.05) is 11.1 Å². The molecule has 0 aliphatic heterocycles. The van der Waals surface area contributed by atoms with Crippen molar-refractivity contribution in [1.82, 2.24) is 0 Å². The van der Waals surface area contributed by atoms with E-state index in [-0.39, 0.29) is 11.3 Å². The summed E-state index contributed by atoms with van der Waals surface area (Å²) in [7, 11) is 0. The lowest BCUT2D eigenvalue weighted by atomic mass is 10.1. The van der Waals surface area contributed by atoms with Crippen molar-refractivity contribution in [3.05, 3.63) is 52.5 Å². The van der Waals surface area contributed by atoms with Gasteiger partial charge in [-0.05, 0) is 36.4 Å². The summed E-state index contributed by atoms with van der Waals surface area (Å²) < 4.78 is 0.946. The summed E-state index contributed by atoms with van der Waals surface area (Å²) in [5.74, 6) is -1.04. The van der Waals surface area contributed by atoms with E-state index in [1.54, 1.807) is 12.1 Å². The molecule has 4 N–H and O–H groups in total. The van der Waals surface area contributed by atoms with Crippen LogP contribution >= 0.6 is 15.9 Å². The molecule has 0 heterocycles. The van der Waals surface area contributed by atoms with Crippen molar-refractivity contribution in [3.8, 4) is 0 Å². The monoisotopic (exact) mass is 306 g/mol. The number of nitrogen functional groups attached to an aromatic ring is 1. The van der Waals surface area contributed by atoms with Crippen LogP contribution in [0.4, 0.5) is 17.1 Å². The molecule has 2 rings (SSSR count). The molecule has 0 saturated heterocycles. The van der Waals surface area contributed by atoms with Crippen molar-refractivity contribution < 1.29 is 9.90 Å². The molecule has 0 aliphatic carbocycles. The maximum absolute atomic E-state index is 11.0. The van der Waals surface area contributed by atoms with Crippen LogP contribution in [0.3, 0.4) is 0 Å². The molecule has 0 spiro atoms. The minimum Gasteiger partial charge on any atom is -0.478 e. The molecule has 0 atom stereocenters. The molecule has 0 aromatic heterocycles. The maximum atomic E-state index is 11.0. The van der Waals surface area contributed by atoms with Crippen molar-refractivity contribution in [3.63, 3.8) is 0 Å². The zero-order valence-electron chi connectivity index (χ0n) is 9.35. The highest BCUT2D eigenvalue weighted by Crippen LogP contribution is 2.23. The third kappa shape index (κ3) is 2.81. The van der Waals surface area contributed by atoms with Gasteiger partial charge in [0.15, 0.2) is 0 Å². The van der Waals surface area contributed by atoms with E-state index in [0.717, 1.165) is 10.2 Å². The van der Waals surface area contributed by atoms with Gasteiger partial charge in [-0.3, -0.25) is 0 Å². The third-order valence-electron chi connectivity index (χ3n) is 2.40. The molecule has 0 amide bonds. The molecule has 0 fully saturated rings. The topological polar surface area (TPSA) is 75.3 Å². The Kier molecular flexibility index (Phi) is 3.53. The van der Waals surface area contributed by atoms with Crippen LogP contribution in [-0.4, -0.2) is 11.1 Å². The fourth-order valence-corrected chi connectivity index (χ4v) is 1.95. The Morgan fingerprint density at radius 2 is 1.89 bits per heavy atom. The number of anilines is 3. The first-order valence-corrected chi connectivity index (χ1v) is 6.01. The van der Waals surface area contributed by atoms with E-state index in [1.807, 2.05) is 24.3 Å². The van der Waals surface area contributed by atoms with Gasteiger partial charge in [0.1, 0.15) is 0 Å². The van der Waals surface area contributed by atoms with Crippen LogP contribution < -0.4 is 11.1 Å². The summed E-state index contributed by atoms with van der Waals surface area (Å²) in [5, 5.41) is 12.1. The molecule has 5 heteroatoms. The number of carboxylic acid groups (broad SMARTS) is 1. The number of benzene rings is 2. The second-order valence-corrected chi connectivity index (χ2v) is 4.66. The number of halogens is 1. The molecule has 0 bridgehead atoms. The summed E-state index contributed by atoms with van der Waals surface area (Å²) in [4.78, 5) is 11.0. The number of rotatable bonds is 3. The van der Waals surface area contributed by atoms with Crippen LogP contribution in [0.5, 0.6) is 0 Å². The van der Waals surface area contributed by atoms with Gasteiger partial charge in [0.05, 0.1) is 5.56 Å². The zero-order chi connectivity index (χ0) is 13.1. The van der Waals surface area contributed by atoms with Gasteiger partial charge in [-0.25, -0.2) is 4.79 Å². The van der Waals surface area contributed by atoms with Gasteiger partial charge in [-0.2, -0.15) is 0 Å². The van der Waals surface area contributed by atoms with E-state index in [2.05, 4.69) is 21.2 Å². The number of aromatic carboxylic acids is 1. The molecule has 0 unspecified atom stereocenters. The van der Waals surface area contributed by atoms with Crippen LogP contribution in [0, 0.1) is 0 Å². The number of nitrogens with two attached hydrogens (primary N) is 1. The average Bonchev–Trinajstić information content (AvgIpc) is 2.31. The first-order valence-electron chi connectivity index (χ1n) is 5.21. The number of nitrogens with one attached hydrogen (secondary N) is 1. The van der Waals surface area contributed by atoms with Gasteiger partial charge < -0.3 is 16.2 Å². The predicted octanol–water partition coefficient (Wildman–Crippen LogP) is 3.47. The van der Waals surface area contributed by atoms with Gasteiger partial charge in [-0.15, -0.1) is 0 Å². The largest absolute Gasteiger partial charge is 0.478 e. The molecule has 4 nitrogen and oxygen atoms in total. The molecule has 2 aromatic carbocycles. The minimum atomic E-state index is -1.04. The van der Waals surface area contributed by atoms with Crippen LogP contribution in [0.2, 0.25) is 0 Å².